The summed E-state index contributed by atoms with van der Waals surface area (Å²) in [5.41, 5.74) is -3.04. The van der Waals surface area contributed by atoms with Crippen LogP contribution in [0.2, 0.25) is 0 Å². The topological polar surface area (TPSA) is 62.0 Å². The number of alkyl halides is 6. The Balaban J connectivity index is 1.54. The van der Waals surface area contributed by atoms with Crippen LogP contribution in [0.25, 0.3) is 0 Å². The molecule has 1 aromatic heterocycles. The zero-order valence-electron chi connectivity index (χ0n) is 18.1. The van der Waals surface area contributed by atoms with Crippen LogP contribution in [0.15, 0.2) is 36.4 Å². The summed E-state index contributed by atoms with van der Waals surface area (Å²) in [6.07, 6.45) is -8.47. The van der Waals surface area contributed by atoms with E-state index in [0.29, 0.717) is 18.5 Å². The molecule has 2 fully saturated rings. The second-order valence-corrected chi connectivity index (χ2v) is 8.88. The van der Waals surface area contributed by atoms with E-state index in [2.05, 4.69) is 10.2 Å². The fourth-order valence-corrected chi connectivity index (χ4v) is 5.03. The lowest BCUT2D eigenvalue weighted by Gasteiger charge is -2.54. The van der Waals surface area contributed by atoms with Crippen molar-refractivity contribution in [1.82, 2.24) is 15.1 Å². The Morgan fingerprint density at radius 1 is 1.00 bits per heavy atom. The molecule has 0 aliphatic carbocycles. The van der Waals surface area contributed by atoms with Gasteiger partial charge < -0.3 is 4.74 Å². The van der Waals surface area contributed by atoms with Gasteiger partial charge in [-0.05, 0) is 55.6 Å². The standard InChI is InChI=1S/C23H22F6N4O/c24-22(25,26)19-6-5-18(31-32-19)14-33-11-9-20(15-33,21(10-12-34-21)23(27,28)29)8-7-16-1-3-17(13-30)4-2-16/h1-6H,7-12,14-15H2/t20-,21-/m1/s1. The number of aromatic nitrogens is 2. The Kier molecular flexibility index (Phi) is 6.33. The Morgan fingerprint density at radius 2 is 1.71 bits per heavy atom. The SMILES string of the molecule is N#Cc1ccc(CC[C@@]2([C@@]3(C(F)(F)F)CCO3)CCN(Cc3ccc(C(F)(F)F)nn3)C2)cc1. The quantitative estimate of drug-likeness (QED) is 0.545. The average Bonchev–Trinajstić information content (AvgIpc) is 3.14. The lowest BCUT2D eigenvalue weighted by Crippen LogP contribution is -2.67. The van der Waals surface area contributed by atoms with E-state index in [1.54, 1.807) is 29.2 Å². The van der Waals surface area contributed by atoms with Gasteiger partial charge in [0.2, 0.25) is 0 Å². The summed E-state index contributed by atoms with van der Waals surface area (Å²) in [4.78, 5) is 1.77. The molecule has 4 rings (SSSR count). The summed E-state index contributed by atoms with van der Waals surface area (Å²) in [5, 5.41) is 15.8. The number of hydrogen-bond donors (Lipinski definition) is 0. The summed E-state index contributed by atoms with van der Waals surface area (Å²) in [6, 6.07) is 10.8. The van der Waals surface area contributed by atoms with E-state index in [4.69, 9.17) is 10.00 Å². The molecule has 11 heteroatoms. The minimum atomic E-state index is -4.61. The number of ether oxygens (including phenoxy) is 1. The van der Waals surface area contributed by atoms with Crippen molar-refractivity contribution in [2.24, 2.45) is 5.41 Å². The van der Waals surface area contributed by atoms with E-state index in [9.17, 15) is 26.3 Å². The molecule has 5 nitrogen and oxygen atoms in total. The second kappa shape index (κ2) is 8.82. The molecule has 0 amide bonds. The van der Waals surface area contributed by atoms with Crippen molar-refractivity contribution in [2.75, 3.05) is 19.7 Å². The molecule has 2 aliphatic heterocycles. The van der Waals surface area contributed by atoms with Gasteiger partial charge in [0.05, 0.1) is 23.9 Å². The van der Waals surface area contributed by atoms with E-state index in [1.807, 2.05) is 6.07 Å². The minimum absolute atomic E-state index is 0.0303. The maximum atomic E-state index is 14.3. The first-order chi connectivity index (χ1) is 16.0. The van der Waals surface area contributed by atoms with Crippen LogP contribution in [0.3, 0.4) is 0 Å². The Labute approximate surface area is 192 Å². The Hall–Kier alpha value is -2.71. The van der Waals surface area contributed by atoms with E-state index in [-0.39, 0.29) is 44.7 Å². The van der Waals surface area contributed by atoms with Crippen LogP contribution in [0.4, 0.5) is 26.3 Å². The number of hydrogen-bond acceptors (Lipinski definition) is 5. The van der Waals surface area contributed by atoms with Crippen molar-refractivity contribution < 1.29 is 31.1 Å². The average molecular weight is 484 g/mol. The highest BCUT2D eigenvalue weighted by atomic mass is 19.4. The predicted octanol–water partition coefficient (Wildman–Crippen LogP) is 4.91. The van der Waals surface area contributed by atoms with Crippen LogP contribution in [-0.2, 0) is 23.9 Å². The van der Waals surface area contributed by atoms with Gasteiger partial charge in [-0.1, -0.05) is 12.1 Å². The largest absolute Gasteiger partial charge is 0.435 e. The van der Waals surface area contributed by atoms with E-state index < -0.39 is 29.1 Å². The van der Waals surface area contributed by atoms with Gasteiger partial charge in [-0.15, -0.1) is 5.10 Å². The lowest BCUT2D eigenvalue weighted by atomic mass is 9.63. The van der Waals surface area contributed by atoms with Gasteiger partial charge in [0.25, 0.3) is 0 Å². The van der Waals surface area contributed by atoms with Gasteiger partial charge >= 0.3 is 12.4 Å². The van der Waals surface area contributed by atoms with Crippen molar-refractivity contribution >= 4 is 0 Å². The van der Waals surface area contributed by atoms with Gasteiger partial charge in [-0.2, -0.15) is 36.7 Å². The number of likely N-dealkylation sites (tertiary alicyclic amines) is 1. The number of rotatable bonds is 6. The number of benzene rings is 1. The van der Waals surface area contributed by atoms with E-state index >= 15 is 0 Å². The summed E-state index contributed by atoms with van der Waals surface area (Å²) in [7, 11) is 0. The van der Waals surface area contributed by atoms with Gasteiger partial charge in [-0.3, -0.25) is 4.90 Å². The Morgan fingerprint density at radius 3 is 2.21 bits per heavy atom. The molecule has 0 bridgehead atoms. The highest BCUT2D eigenvalue weighted by Crippen LogP contribution is 2.59. The molecule has 0 unspecified atom stereocenters. The van der Waals surface area contributed by atoms with Crippen molar-refractivity contribution in [3.05, 3.63) is 58.9 Å². The van der Waals surface area contributed by atoms with Gasteiger partial charge in [-0.25, -0.2) is 0 Å². The molecule has 2 aliphatic rings. The first-order valence-corrected chi connectivity index (χ1v) is 10.8. The maximum Gasteiger partial charge on any atom is 0.435 e. The van der Waals surface area contributed by atoms with Crippen LogP contribution in [0, 0.1) is 16.7 Å². The monoisotopic (exact) mass is 484 g/mol. The second-order valence-electron chi connectivity index (χ2n) is 8.88. The van der Waals surface area contributed by atoms with Gasteiger partial charge in [0.1, 0.15) is 0 Å². The number of nitrogens with zero attached hydrogens (tertiary/aromatic N) is 4. The molecule has 0 N–H and O–H groups in total. The third-order valence-electron chi connectivity index (χ3n) is 6.92. The van der Waals surface area contributed by atoms with Crippen molar-refractivity contribution in [3.8, 4) is 6.07 Å². The third-order valence-corrected chi connectivity index (χ3v) is 6.92. The van der Waals surface area contributed by atoms with Crippen LogP contribution < -0.4 is 0 Å². The lowest BCUT2D eigenvalue weighted by molar-refractivity contribution is -0.366. The first kappa shape index (κ1) is 24.4. The van der Waals surface area contributed by atoms with Crippen LogP contribution >= 0.6 is 0 Å². The van der Waals surface area contributed by atoms with E-state index in [1.165, 1.54) is 6.07 Å². The normalized spacial score (nSPS) is 25.7. The Bertz CT molecular complexity index is 1040. The smallest absolute Gasteiger partial charge is 0.365 e. The zero-order valence-corrected chi connectivity index (χ0v) is 18.1. The number of halogens is 6. The molecule has 2 atom stereocenters. The molecule has 1 aromatic carbocycles. The molecule has 34 heavy (non-hydrogen) atoms. The summed E-state index contributed by atoms with van der Waals surface area (Å²) < 4.78 is 86.3. The first-order valence-electron chi connectivity index (χ1n) is 10.8. The van der Waals surface area contributed by atoms with Crippen LogP contribution in [0.1, 0.15) is 41.8 Å². The summed E-state index contributed by atoms with van der Waals surface area (Å²) in [6.45, 7) is 0.531. The van der Waals surface area contributed by atoms with Crippen molar-refractivity contribution in [1.29, 1.82) is 5.26 Å². The van der Waals surface area contributed by atoms with Crippen molar-refractivity contribution in [3.63, 3.8) is 0 Å². The zero-order chi connectivity index (χ0) is 24.6. The molecule has 2 saturated heterocycles. The minimum Gasteiger partial charge on any atom is -0.365 e. The highest BCUT2D eigenvalue weighted by molar-refractivity contribution is 5.32. The fraction of sp³-hybridized carbons (Fsp3) is 0.522. The maximum absolute atomic E-state index is 14.3. The van der Waals surface area contributed by atoms with E-state index in [0.717, 1.165) is 11.6 Å². The fourth-order valence-electron chi connectivity index (χ4n) is 5.03. The molecular weight excluding hydrogens is 462 g/mol. The van der Waals surface area contributed by atoms with Gasteiger partial charge in [0, 0.05) is 24.9 Å². The van der Waals surface area contributed by atoms with Gasteiger partial charge in [0.15, 0.2) is 11.3 Å². The number of aryl methyl sites for hydroxylation is 1. The molecule has 0 saturated carbocycles. The molecule has 2 aromatic rings. The summed E-state index contributed by atoms with van der Waals surface area (Å²) >= 11 is 0. The van der Waals surface area contributed by atoms with Crippen molar-refractivity contribution in [2.45, 2.75) is 50.2 Å². The van der Waals surface area contributed by atoms with Crippen LogP contribution in [-0.4, -0.2) is 46.6 Å². The number of nitriles is 1. The molecular formula is C23H22F6N4O. The molecule has 3 heterocycles. The summed E-state index contributed by atoms with van der Waals surface area (Å²) in [5.74, 6) is 0. The molecule has 182 valence electrons. The third kappa shape index (κ3) is 4.49. The predicted molar refractivity (Wildman–Crippen MR) is 108 cm³/mol. The molecule has 0 spiro atoms. The molecule has 0 radical (unpaired) electrons. The highest BCUT2D eigenvalue weighted by Gasteiger charge is 2.71. The van der Waals surface area contributed by atoms with Crippen LogP contribution in [0.5, 0.6) is 0 Å².